The van der Waals surface area contributed by atoms with E-state index in [2.05, 4.69) is 31.2 Å². The molecule has 1 aromatic carbocycles. The van der Waals surface area contributed by atoms with Gasteiger partial charge in [-0.25, -0.2) is 0 Å². The van der Waals surface area contributed by atoms with Crippen LogP contribution in [0.2, 0.25) is 0 Å². The molecule has 0 heterocycles. The lowest BCUT2D eigenvalue weighted by atomic mass is 10.1. The van der Waals surface area contributed by atoms with Gasteiger partial charge in [-0.1, -0.05) is 31.2 Å². The van der Waals surface area contributed by atoms with E-state index in [1.54, 1.807) is 0 Å². The molecule has 0 saturated heterocycles. The zero-order valence-corrected chi connectivity index (χ0v) is 11.5. The Kier molecular flexibility index (Phi) is 7.15. The van der Waals surface area contributed by atoms with E-state index < -0.39 is 0 Å². The summed E-state index contributed by atoms with van der Waals surface area (Å²) in [5.41, 5.74) is 2.43. The SMILES string of the molecule is CCc1ccc(CCC(=O)N(CCO)CCO)cc1. The van der Waals surface area contributed by atoms with Crippen molar-refractivity contribution < 1.29 is 15.0 Å². The van der Waals surface area contributed by atoms with Gasteiger partial charge in [0.25, 0.3) is 0 Å². The Balaban J connectivity index is 2.46. The average molecular weight is 265 g/mol. The van der Waals surface area contributed by atoms with Crippen LogP contribution in [0.3, 0.4) is 0 Å². The number of rotatable bonds is 8. The molecule has 0 aliphatic heterocycles. The predicted molar refractivity (Wildman–Crippen MR) is 74.9 cm³/mol. The monoisotopic (exact) mass is 265 g/mol. The molecule has 2 N–H and O–H groups in total. The molecule has 1 aromatic rings. The number of benzene rings is 1. The molecular formula is C15H23NO3. The number of carbonyl (C=O) groups excluding carboxylic acids is 1. The maximum absolute atomic E-state index is 11.9. The van der Waals surface area contributed by atoms with Gasteiger partial charge in [-0.2, -0.15) is 0 Å². The van der Waals surface area contributed by atoms with Gasteiger partial charge in [0.1, 0.15) is 0 Å². The summed E-state index contributed by atoms with van der Waals surface area (Å²) in [4.78, 5) is 13.4. The molecule has 19 heavy (non-hydrogen) atoms. The zero-order chi connectivity index (χ0) is 14.1. The molecule has 0 aromatic heterocycles. The van der Waals surface area contributed by atoms with Gasteiger partial charge in [0.05, 0.1) is 13.2 Å². The summed E-state index contributed by atoms with van der Waals surface area (Å²) in [6, 6.07) is 8.27. The molecule has 0 unspecified atom stereocenters. The number of amides is 1. The van der Waals surface area contributed by atoms with Crippen LogP contribution < -0.4 is 0 Å². The maximum atomic E-state index is 11.9. The largest absolute Gasteiger partial charge is 0.395 e. The Hall–Kier alpha value is -1.39. The highest BCUT2D eigenvalue weighted by Crippen LogP contribution is 2.08. The van der Waals surface area contributed by atoms with E-state index in [-0.39, 0.29) is 32.2 Å². The van der Waals surface area contributed by atoms with E-state index in [4.69, 9.17) is 10.2 Å². The van der Waals surface area contributed by atoms with E-state index in [9.17, 15) is 4.79 Å². The summed E-state index contributed by atoms with van der Waals surface area (Å²) < 4.78 is 0. The van der Waals surface area contributed by atoms with Crippen LogP contribution in [0.5, 0.6) is 0 Å². The van der Waals surface area contributed by atoms with Gasteiger partial charge in [0.2, 0.25) is 5.91 Å². The fourth-order valence-electron chi connectivity index (χ4n) is 1.95. The smallest absolute Gasteiger partial charge is 0.223 e. The van der Waals surface area contributed by atoms with Gasteiger partial charge < -0.3 is 15.1 Å². The van der Waals surface area contributed by atoms with Crippen LogP contribution in [0.25, 0.3) is 0 Å². The quantitative estimate of drug-likeness (QED) is 0.737. The van der Waals surface area contributed by atoms with Gasteiger partial charge in [-0.05, 0) is 24.0 Å². The molecule has 4 nitrogen and oxygen atoms in total. The topological polar surface area (TPSA) is 60.8 Å². The number of carbonyl (C=O) groups is 1. The van der Waals surface area contributed by atoms with E-state index in [1.807, 2.05) is 0 Å². The summed E-state index contributed by atoms with van der Waals surface area (Å²) in [7, 11) is 0. The van der Waals surface area contributed by atoms with Crippen LogP contribution in [0.15, 0.2) is 24.3 Å². The minimum Gasteiger partial charge on any atom is -0.395 e. The number of aliphatic hydroxyl groups excluding tert-OH is 2. The molecular weight excluding hydrogens is 242 g/mol. The Bertz CT molecular complexity index is 369. The predicted octanol–water partition coefficient (Wildman–Crippen LogP) is 0.995. The summed E-state index contributed by atoms with van der Waals surface area (Å²) in [5.74, 6) is -0.0253. The highest BCUT2D eigenvalue weighted by atomic mass is 16.3. The number of aryl methyl sites for hydroxylation is 2. The first kappa shape index (κ1) is 15.7. The third-order valence-electron chi connectivity index (χ3n) is 3.15. The lowest BCUT2D eigenvalue weighted by Crippen LogP contribution is -2.35. The number of hydrogen-bond acceptors (Lipinski definition) is 3. The molecule has 1 rings (SSSR count). The number of nitrogens with zero attached hydrogens (tertiary/aromatic N) is 1. The van der Waals surface area contributed by atoms with Crippen molar-refractivity contribution in [1.29, 1.82) is 0 Å². The van der Waals surface area contributed by atoms with Crippen molar-refractivity contribution in [1.82, 2.24) is 4.90 Å². The van der Waals surface area contributed by atoms with Crippen LogP contribution in [0, 0.1) is 0 Å². The highest BCUT2D eigenvalue weighted by molar-refractivity contribution is 5.76. The summed E-state index contributed by atoms with van der Waals surface area (Å²) >= 11 is 0. The van der Waals surface area contributed by atoms with Gasteiger partial charge in [0, 0.05) is 19.5 Å². The van der Waals surface area contributed by atoms with Crippen molar-refractivity contribution in [2.24, 2.45) is 0 Å². The second kappa shape index (κ2) is 8.67. The zero-order valence-electron chi connectivity index (χ0n) is 11.5. The molecule has 4 heteroatoms. The van der Waals surface area contributed by atoms with Crippen molar-refractivity contribution in [2.45, 2.75) is 26.2 Å². The fourth-order valence-corrected chi connectivity index (χ4v) is 1.95. The first-order chi connectivity index (χ1) is 9.21. The lowest BCUT2D eigenvalue weighted by molar-refractivity contribution is -0.132. The Morgan fingerprint density at radius 1 is 1.05 bits per heavy atom. The summed E-state index contributed by atoms with van der Waals surface area (Å²) in [5, 5.41) is 17.8. The normalized spacial score (nSPS) is 10.5. The van der Waals surface area contributed by atoms with Crippen molar-refractivity contribution in [2.75, 3.05) is 26.3 Å². The highest BCUT2D eigenvalue weighted by Gasteiger charge is 2.12. The minimum atomic E-state index is -0.0725. The first-order valence-corrected chi connectivity index (χ1v) is 6.78. The average Bonchev–Trinajstić information content (AvgIpc) is 2.45. The van der Waals surface area contributed by atoms with E-state index in [1.165, 1.54) is 10.5 Å². The van der Waals surface area contributed by atoms with Crippen LogP contribution in [-0.4, -0.2) is 47.3 Å². The van der Waals surface area contributed by atoms with Gasteiger partial charge in [-0.15, -0.1) is 0 Å². The molecule has 0 bridgehead atoms. The van der Waals surface area contributed by atoms with Crippen molar-refractivity contribution >= 4 is 5.91 Å². The van der Waals surface area contributed by atoms with E-state index >= 15 is 0 Å². The number of aliphatic hydroxyl groups is 2. The van der Waals surface area contributed by atoms with E-state index in [0.29, 0.717) is 12.8 Å². The van der Waals surface area contributed by atoms with Crippen LogP contribution in [0.4, 0.5) is 0 Å². The second-order valence-corrected chi connectivity index (χ2v) is 4.50. The van der Waals surface area contributed by atoms with Crippen LogP contribution >= 0.6 is 0 Å². The maximum Gasteiger partial charge on any atom is 0.223 e. The summed E-state index contributed by atoms with van der Waals surface area (Å²) in [6.45, 7) is 2.54. The molecule has 0 aliphatic carbocycles. The standard InChI is InChI=1S/C15H23NO3/c1-2-13-3-5-14(6-4-13)7-8-15(19)16(9-11-17)10-12-18/h3-6,17-18H,2,7-12H2,1H3. The number of hydrogen-bond donors (Lipinski definition) is 2. The third kappa shape index (κ3) is 5.41. The molecule has 1 amide bonds. The molecule has 0 spiro atoms. The van der Waals surface area contributed by atoms with Crippen molar-refractivity contribution in [3.63, 3.8) is 0 Å². The van der Waals surface area contributed by atoms with Crippen molar-refractivity contribution in [3.05, 3.63) is 35.4 Å². The molecule has 0 aliphatic rings. The van der Waals surface area contributed by atoms with Crippen molar-refractivity contribution in [3.8, 4) is 0 Å². The van der Waals surface area contributed by atoms with E-state index in [0.717, 1.165) is 12.0 Å². The van der Waals surface area contributed by atoms with Gasteiger partial charge in [-0.3, -0.25) is 4.79 Å². The second-order valence-electron chi connectivity index (χ2n) is 4.50. The Morgan fingerprint density at radius 2 is 1.58 bits per heavy atom. The Labute approximate surface area is 114 Å². The van der Waals surface area contributed by atoms with Gasteiger partial charge in [0.15, 0.2) is 0 Å². The minimum absolute atomic E-state index is 0.0253. The summed E-state index contributed by atoms with van der Waals surface area (Å²) in [6.07, 6.45) is 2.11. The molecule has 0 radical (unpaired) electrons. The molecule has 106 valence electrons. The van der Waals surface area contributed by atoms with Gasteiger partial charge >= 0.3 is 0 Å². The van der Waals surface area contributed by atoms with Crippen LogP contribution in [0.1, 0.15) is 24.5 Å². The fraction of sp³-hybridized carbons (Fsp3) is 0.533. The first-order valence-electron chi connectivity index (χ1n) is 6.78. The van der Waals surface area contributed by atoms with Crippen LogP contribution in [-0.2, 0) is 17.6 Å². The molecule has 0 saturated carbocycles. The molecule has 0 atom stereocenters. The molecule has 0 fully saturated rings. The Morgan fingerprint density at radius 3 is 2.05 bits per heavy atom. The lowest BCUT2D eigenvalue weighted by Gasteiger charge is -2.20. The third-order valence-corrected chi connectivity index (χ3v) is 3.15.